The van der Waals surface area contributed by atoms with Crippen molar-refractivity contribution in [3.8, 4) is 11.8 Å². The van der Waals surface area contributed by atoms with Crippen LogP contribution in [0.2, 0.25) is 0 Å². The van der Waals surface area contributed by atoms with Crippen molar-refractivity contribution in [1.29, 1.82) is 5.26 Å². The molecule has 4 aromatic rings. The number of imidazole rings is 1. The minimum atomic E-state index is -0.408. The Morgan fingerprint density at radius 3 is 2.83 bits per heavy atom. The third kappa shape index (κ3) is 3.19. The minimum absolute atomic E-state index is 0.0983. The van der Waals surface area contributed by atoms with Gasteiger partial charge in [-0.15, -0.1) is 0 Å². The lowest BCUT2D eigenvalue weighted by Gasteiger charge is -2.19. The number of hydrogen-bond acceptors (Lipinski definition) is 5. The van der Waals surface area contributed by atoms with Gasteiger partial charge in [0.1, 0.15) is 11.6 Å². The second-order valence-electron chi connectivity index (χ2n) is 6.87. The number of ether oxygens (including phenoxy) is 2. The zero-order valence-corrected chi connectivity index (χ0v) is 16.4. The summed E-state index contributed by atoms with van der Waals surface area (Å²) in [5, 5.41) is 10.1. The van der Waals surface area contributed by atoms with Crippen LogP contribution in [0.25, 0.3) is 21.9 Å². The first-order chi connectivity index (χ1) is 14.0. The van der Waals surface area contributed by atoms with Crippen molar-refractivity contribution in [2.24, 2.45) is 0 Å². The van der Waals surface area contributed by atoms with Gasteiger partial charge in [-0.3, -0.25) is 4.79 Å². The van der Waals surface area contributed by atoms with Gasteiger partial charge >= 0.3 is 5.97 Å². The molecule has 2 aromatic carbocycles. The molecule has 0 fully saturated rings. The van der Waals surface area contributed by atoms with Crippen LogP contribution in [-0.4, -0.2) is 35.1 Å². The van der Waals surface area contributed by atoms with E-state index in [-0.39, 0.29) is 12.4 Å². The monoisotopic (exact) mass is 388 g/mol. The number of nitrogens with one attached hydrogen (secondary N) is 2. The zero-order chi connectivity index (χ0) is 20.5. The van der Waals surface area contributed by atoms with E-state index in [0.29, 0.717) is 17.1 Å². The van der Waals surface area contributed by atoms with Gasteiger partial charge in [0.25, 0.3) is 0 Å². The smallest absolute Gasteiger partial charge is 0.306 e. The summed E-state index contributed by atoms with van der Waals surface area (Å²) < 4.78 is 10.6. The van der Waals surface area contributed by atoms with E-state index in [0.717, 1.165) is 33.1 Å². The van der Waals surface area contributed by atoms with Crippen molar-refractivity contribution in [2.75, 3.05) is 14.2 Å². The number of rotatable bonds is 5. The number of esters is 1. The minimum Gasteiger partial charge on any atom is -0.496 e. The van der Waals surface area contributed by atoms with Crippen LogP contribution in [0, 0.1) is 18.3 Å². The van der Waals surface area contributed by atoms with E-state index in [1.807, 2.05) is 25.3 Å². The van der Waals surface area contributed by atoms with Crippen LogP contribution in [0.5, 0.6) is 5.75 Å². The van der Waals surface area contributed by atoms with E-state index >= 15 is 0 Å². The molecule has 2 heterocycles. The Morgan fingerprint density at radius 2 is 2.10 bits per heavy atom. The molecule has 29 heavy (non-hydrogen) atoms. The molecule has 0 saturated heterocycles. The molecule has 2 aromatic heterocycles. The van der Waals surface area contributed by atoms with Crippen LogP contribution in [0.15, 0.2) is 36.5 Å². The van der Waals surface area contributed by atoms with Gasteiger partial charge in [-0.1, -0.05) is 0 Å². The fourth-order valence-electron chi connectivity index (χ4n) is 3.78. The molecular formula is C22H20N4O3. The molecule has 0 radical (unpaired) electrons. The Hall–Kier alpha value is -3.79. The van der Waals surface area contributed by atoms with Gasteiger partial charge in [-0.2, -0.15) is 5.26 Å². The van der Waals surface area contributed by atoms with Gasteiger partial charge in [-0.05, 0) is 42.8 Å². The number of nitriles is 1. The molecule has 4 rings (SSSR count). The number of methoxy groups -OCH3 is 2. The van der Waals surface area contributed by atoms with Crippen LogP contribution >= 0.6 is 0 Å². The summed E-state index contributed by atoms with van der Waals surface area (Å²) in [6.07, 6.45) is 1.97. The van der Waals surface area contributed by atoms with E-state index in [2.05, 4.69) is 16.0 Å². The predicted molar refractivity (Wildman–Crippen MR) is 109 cm³/mol. The van der Waals surface area contributed by atoms with Crippen LogP contribution in [0.4, 0.5) is 0 Å². The molecule has 0 aliphatic carbocycles. The Bertz CT molecular complexity index is 1260. The van der Waals surface area contributed by atoms with E-state index in [1.54, 1.807) is 25.3 Å². The molecule has 2 N–H and O–H groups in total. The first kappa shape index (κ1) is 18.6. The van der Waals surface area contributed by atoms with Crippen LogP contribution < -0.4 is 4.74 Å². The van der Waals surface area contributed by atoms with Gasteiger partial charge in [0, 0.05) is 22.7 Å². The van der Waals surface area contributed by atoms with Crippen LogP contribution in [-0.2, 0) is 9.53 Å². The molecule has 0 saturated carbocycles. The highest BCUT2D eigenvalue weighted by molar-refractivity contribution is 5.90. The molecule has 1 unspecified atom stereocenters. The number of carbonyl (C=O) groups is 1. The highest BCUT2D eigenvalue weighted by atomic mass is 16.5. The average molecular weight is 388 g/mol. The average Bonchev–Trinajstić information content (AvgIpc) is 3.38. The molecule has 0 aliphatic heterocycles. The number of carbonyl (C=O) groups excluding carboxylic acids is 1. The maximum Gasteiger partial charge on any atom is 0.306 e. The van der Waals surface area contributed by atoms with Crippen LogP contribution in [0.1, 0.15) is 34.9 Å². The van der Waals surface area contributed by atoms with Gasteiger partial charge in [0.15, 0.2) is 0 Å². The number of aromatic nitrogens is 3. The van der Waals surface area contributed by atoms with Crippen molar-refractivity contribution in [3.63, 3.8) is 0 Å². The fourth-order valence-corrected chi connectivity index (χ4v) is 3.78. The fraction of sp³-hybridized carbons (Fsp3) is 0.227. The largest absolute Gasteiger partial charge is 0.496 e. The quantitative estimate of drug-likeness (QED) is 0.504. The highest BCUT2D eigenvalue weighted by Crippen LogP contribution is 2.40. The normalized spacial score (nSPS) is 12.1. The molecule has 0 amide bonds. The molecule has 7 heteroatoms. The number of aryl methyl sites for hydroxylation is 1. The summed E-state index contributed by atoms with van der Waals surface area (Å²) in [5.41, 5.74) is 4.90. The number of fused-ring (bicyclic) bond motifs is 2. The summed E-state index contributed by atoms with van der Waals surface area (Å²) in [7, 11) is 2.99. The maximum absolute atomic E-state index is 12.3. The van der Waals surface area contributed by atoms with Crippen molar-refractivity contribution < 1.29 is 14.3 Å². The molecule has 0 aliphatic rings. The SMILES string of the molecule is COC(=O)CC(c1nc2ccc(C#N)cc2[nH]1)c1c(OC)cc(C)c2[nH]ccc12. The molecular weight excluding hydrogens is 368 g/mol. The van der Waals surface area contributed by atoms with Gasteiger partial charge in [-0.25, -0.2) is 4.98 Å². The van der Waals surface area contributed by atoms with Crippen molar-refractivity contribution >= 4 is 27.9 Å². The van der Waals surface area contributed by atoms with Crippen molar-refractivity contribution in [2.45, 2.75) is 19.3 Å². The highest BCUT2D eigenvalue weighted by Gasteiger charge is 2.28. The number of H-pyrrole nitrogens is 2. The number of hydrogen-bond donors (Lipinski definition) is 2. The zero-order valence-electron chi connectivity index (χ0n) is 16.4. The third-order valence-electron chi connectivity index (χ3n) is 5.17. The summed E-state index contributed by atoms with van der Waals surface area (Å²) in [4.78, 5) is 23.5. The standard InChI is InChI=1S/C22H20N4O3/c1-12-8-18(28-2)20(14-6-7-24-21(12)14)15(10-19(27)29-3)22-25-16-5-4-13(11-23)9-17(16)26-22/h4-9,15,24H,10H2,1-3H3,(H,25,26). The second-order valence-corrected chi connectivity index (χ2v) is 6.87. The number of nitrogens with zero attached hydrogens (tertiary/aromatic N) is 2. The van der Waals surface area contributed by atoms with E-state index in [9.17, 15) is 4.79 Å². The van der Waals surface area contributed by atoms with Gasteiger partial charge < -0.3 is 19.4 Å². The third-order valence-corrected chi connectivity index (χ3v) is 5.17. The lowest BCUT2D eigenvalue weighted by Crippen LogP contribution is -2.13. The Labute approximate surface area is 167 Å². The van der Waals surface area contributed by atoms with E-state index < -0.39 is 5.92 Å². The lowest BCUT2D eigenvalue weighted by molar-refractivity contribution is -0.140. The number of aromatic amines is 2. The topological polar surface area (TPSA) is 104 Å². The molecule has 0 bridgehead atoms. The van der Waals surface area contributed by atoms with E-state index in [1.165, 1.54) is 7.11 Å². The number of benzene rings is 2. The Morgan fingerprint density at radius 1 is 1.28 bits per heavy atom. The van der Waals surface area contributed by atoms with E-state index in [4.69, 9.17) is 19.7 Å². The van der Waals surface area contributed by atoms with Crippen molar-refractivity contribution in [3.05, 3.63) is 59.0 Å². The summed E-state index contributed by atoms with van der Waals surface area (Å²) in [6.45, 7) is 2.01. The first-order valence-corrected chi connectivity index (χ1v) is 9.16. The molecule has 1 atom stereocenters. The second kappa shape index (κ2) is 7.32. The molecule has 7 nitrogen and oxygen atoms in total. The van der Waals surface area contributed by atoms with Gasteiger partial charge in [0.2, 0.25) is 0 Å². The van der Waals surface area contributed by atoms with Gasteiger partial charge in [0.05, 0.1) is 49.2 Å². The van der Waals surface area contributed by atoms with Crippen LogP contribution in [0.3, 0.4) is 0 Å². The maximum atomic E-state index is 12.3. The lowest BCUT2D eigenvalue weighted by atomic mass is 9.90. The summed E-state index contributed by atoms with van der Waals surface area (Å²) in [5.74, 6) is 0.542. The Balaban J connectivity index is 1.95. The first-order valence-electron chi connectivity index (χ1n) is 9.16. The summed E-state index contributed by atoms with van der Waals surface area (Å²) in [6, 6.07) is 11.3. The summed E-state index contributed by atoms with van der Waals surface area (Å²) >= 11 is 0. The van der Waals surface area contributed by atoms with Crippen molar-refractivity contribution in [1.82, 2.24) is 15.0 Å². The molecule has 146 valence electrons. The predicted octanol–water partition coefficient (Wildman–Crippen LogP) is 3.93. The molecule has 0 spiro atoms. The Kier molecular flexibility index (Phi) is 4.69.